The van der Waals surface area contributed by atoms with Crippen molar-refractivity contribution in [2.45, 2.75) is 26.1 Å². The molecule has 0 radical (unpaired) electrons. The summed E-state index contributed by atoms with van der Waals surface area (Å²) in [5.41, 5.74) is 0.951. The number of benzene rings is 1. The molecule has 1 heterocycles. The van der Waals surface area contributed by atoms with Gasteiger partial charge in [0.15, 0.2) is 0 Å². The van der Waals surface area contributed by atoms with Crippen LogP contribution in [0.1, 0.15) is 5.56 Å². The quantitative estimate of drug-likeness (QED) is 0.555. The molecule has 0 aliphatic carbocycles. The number of hydrogen-bond acceptors (Lipinski definition) is 3. The first-order chi connectivity index (χ1) is 10.6. The van der Waals surface area contributed by atoms with Crippen LogP contribution in [0.2, 0.25) is 5.02 Å². The second-order valence-corrected chi connectivity index (χ2v) is 10.0. The molecule has 2 atom stereocenters. The van der Waals surface area contributed by atoms with E-state index in [0.717, 1.165) is 5.56 Å². The standard InChI is InChI=1S/C13H12Cl7N3/c14-8-4-1-7(2-5-8)3-6-9-21-10(12(15,16)17)23-11(22-9)13(18,19)20/h1-6,9-11,21-23H/b6-3+. The Hall–Kier alpha value is 0.870. The van der Waals surface area contributed by atoms with E-state index in [0.29, 0.717) is 5.02 Å². The van der Waals surface area contributed by atoms with E-state index >= 15 is 0 Å². The molecule has 1 aliphatic heterocycles. The first-order valence-corrected chi connectivity index (χ1v) is 9.05. The van der Waals surface area contributed by atoms with Gasteiger partial charge < -0.3 is 0 Å². The lowest BCUT2D eigenvalue weighted by Gasteiger charge is -2.42. The molecule has 0 amide bonds. The molecule has 10 heteroatoms. The maximum absolute atomic E-state index is 5.94. The molecule has 128 valence electrons. The Balaban J connectivity index is 2.14. The predicted molar refractivity (Wildman–Crippen MR) is 102 cm³/mol. The number of hydrogen-bond donors (Lipinski definition) is 3. The van der Waals surface area contributed by atoms with Crippen LogP contribution in [-0.4, -0.2) is 26.1 Å². The zero-order valence-corrected chi connectivity index (χ0v) is 16.6. The lowest BCUT2D eigenvalue weighted by molar-refractivity contribution is 0.228. The van der Waals surface area contributed by atoms with Gasteiger partial charge >= 0.3 is 0 Å². The van der Waals surface area contributed by atoms with E-state index in [1.165, 1.54) is 0 Å². The fraction of sp³-hybridized carbons (Fsp3) is 0.385. The molecule has 3 N–H and O–H groups in total. The number of halogens is 7. The monoisotopic (exact) mass is 455 g/mol. The molecule has 1 aromatic carbocycles. The minimum atomic E-state index is -1.62. The predicted octanol–water partition coefficient (Wildman–Crippen LogP) is 4.85. The number of alkyl halides is 6. The topological polar surface area (TPSA) is 36.1 Å². The summed E-state index contributed by atoms with van der Waals surface area (Å²) >= 11 is 41.5. The Morgan fingerprint density at radius 2 is 1.26 bits per heavy atom. The maximum Gasteiger partial charge on any atom is 0.218 e. The van der Waals surface area contributed by atoms with Gasteiger partial charge in [-0.05, 0) is 17.7 Å². The van der Waals surface area contributed by atoms with Crippen LogP contribution in [0.15, 0.2) is 30.3 Å². The van der Waals surface area contributed by atoms with Gasteiger partial charge in [0, 0.05) is 5.02 Å². The van der Waals surface area contributed by atoms with Crippen LogP contribution < -0.4 is 16.0 Å². The number of rotatable bonds is 2. The average Bonchev–Trinajstić information content (AvgIpc) is 2.44. The summed E-state index contributed by atoms with van der Waals surface area (Å²) in [5, 5.41) is 9.70. The van der Waals surface area contributed by atoms with Crippen molar-refractivity contribution in [3.05, 3.63) is 40.9 Å². The summed E-state index contributed by atoms with van der Waals surface area (Å²) in [6.45, 7) is 0. The molecule has 1 aliphatic rings. The molecule has 0 spiro atoms. The summed E-state index contributed by atoms with van der Waals surface area (Å²) in [5.74, 6) is 0. The van der Waals surface area contributed by atoms with E-state index in [9.17, 15) is 0 Å². The fourth-order valence-corrected chi connectivity index (χ4v) is 2.82. The highest BCUT2D eigenvalue weighted by atomic mass is 35.6. The van der Waals surface area contributed by atoms with Crippen LogP contribution in [0.25, 0.3) is 6.08 Å². The van der Waals surface area contributed by atoms with Gasteiger partial charge in [0.1, 0.15) is 12.3 Å². The van der Waals surface area contributed by atoms with Gasteiger partial charge in [-0.25, -0.2) is 0 Å². The van der Waals surface area contributed by atoms with Crippen molar-refractivity contribution in [3.8, 4) is 0 Å². The molecule has 2 unspecified atom stereocenters. The molecule has 2 rings (SSSR count). The first-order valence-electron chi connectivity index (χ1n) is 6.41. The van der Waals surface area contributed by atoms with Gasteiger partial charge in [0.25, 0.3) is 0 Å². The molecular weight excluding hydrogens is 446 g/mol. The Labute approximate surface area is 169 Å². The Bertz CT molecular complexity index is 528. The van der Waals surface area contributed by atoms with Crippen LogP contribution in [0.3, 0.4) is 0 Å². The van der Waals surface area contributed by atoms with Crippen LogP contribution >= 0.6 is 81.2 Å². The van der Waals surface area contributed by atoms with E-state index < -0.39 is 19.9 Å². The zero-order valence-electron chi connectivity index (χ0n) is 11.3. The van der Waals surface area contributed by atoms with E-state index in [-0.39, 0.29) is 6.17 Å². The maximum atomic E-state index is 5.94. The molecule has 1 aromatic rings. The molecule has 0 saturated carbocycles. The van der Waals surface area contributed by atoms with Crippen molar-refractivity contribution in [2.75, 3.05) is 0 Å². The highest BCUT2D eigenvalue weighted by Gasteiger charge is 2.44. The third-order valence-electron chi connectivity index (χ3n) is 3.03. The third kappa shape index (κ3) is 6.27. The smallest absolute Gasteiger partial charge is 0.218 e. The van der Waals surface area contributed by atoms with Crippen molar-refractivity contribution in [1.29, 1.82) is 0 Å². The van der Waals surface area contributed by atoms with Crippen molar-refractivity contribution >= 4 is 87.3 Å². The Morgan fingerprint density at radius 1 is 0.783 bits per heavy atom. The largest absolute Gasteiger partial charge is 0.280 e. The van der Waals surface area contributed by atoms with Crippen LogP contribution in [-0.2, 0) is 0 Å². The average molecular weight is 458 g/mol. The second kappa shape index (κ2) is 8.05. The Morgan fingerprint density at radius 3 is 1.70 bits per heavy atom. The fourth-order valence-electron chi connectivity index (χ4n) is 1.94. The minimum Gasteiger partial charge on any atom is -0.280 e. The highest BCUT2D eigenvalue weighted by Crippen LogP contribution is 2.35. The van der Waals surface area contributed by atoms with E-state index in [2.05, 4.69) is 16.0 Å². The summed E-state index contributed by atoms with van der Waals surface area (Å²) in [6.07, 6.45) is 1.89. The van der Waals surface area contributed by atoms with Crippen molar-refractivity contribution in [1.82, 2.24) is 16.0 Å². The van der Waals surface area contributed by atoms with E-state index in [4.69, 9.17) is 81.2 Å². The van der Waals surface area contributed by atoms with E-state index in [1.807, 2.05) is 24.3 Å². The van der Waals surface area contributed by atoms with Gasteiger partial charge in [-0.3, -0.25) is 16.0 Å². The molecule has 23 heavy (non-hydrogen) atoms. The highest BCUT2D eigenvalue weighted by molar-refractivity contribution is 6.68. The van der Waals surface area contributed by atoms with Crippen molar-refractivity contribution in [3.63, 3.8) is 0 Å². The Kier molecular flexibility index (Phi) is 7.06. The van der Waals surface area contributed by atoms with Gasteiger partial charge in [-0.1, -0.05) is 105 Å². The van der Waals surface area contributed by atoms with Crippen molar-refractivity contribution in [2.24, 2.45) is 0 Å². The first kappa shape index (κ1) is 20.2. The molecule has 0 aromatic heterocycles. The molecule has 3 nitrogen and oxygen atoms in total. The minimum absolute atomic E-state index is 0.381. The summed E-state index contributed by atoms with van der Waals surface area (Å²) in [6, 6.07) is 7.33. The summed E-state index contributed by atoms with van der Waals surface area (Å²) < 4.78 is -3.24. The van der Waals surface area contributed by atoms with Crippen LogP contribution in [0.4, 0.5) is 0 Å². The lowest BCUT2D eigenvalue weighted by Crippen LogP contribution is -2.72. The number of nitrogens with one attached hydrogen (secondary N) is 3. The van der Waals surface area contributed by atoms with Gasteiger partial charge in [-0.2, -0.15) is 0 Å². The summed E-state index contributed by atoms with van der Waals surface area (Å²) in [4.78, 5) is 0. The second-order valence-electron chi connectivity index (χ2n) is 4.84. The van der Waals surface area contributed by atoms with Gasteiger partial charge in [0.2, 0.25) is 7.59 Å². The normalized spacial score (nSPS) is 26.7. The SMILES string of the molecule is Clc1ccc(/C=C/C2NC(C(Cl)(Cl)Cl)NC(C(Cl)(Cl)Cl)N2)cc1. The van der Waals surface area contributed by atoms with Crippen molar-refractivity contribution < 1.29 is 0 Å². The lowest BCUT2D eigenvalue weighted by atomic mass is 10.2. The summed E-state index contributed by atoms with van der Waals surface area (Å²) in [7, 11) is 0. The third-order valence-corrected chi connectivity index (χ3v) is 4.59. The molecule has 1 saturated heterocycles. The molecule has 0 bridgehead atoms. The van der Waals surface area contributed by atoms with Gasteiger partial charge in [-0.15, -0.1) is 0 Å². The molecular formula is C13H12Cl7N3. The zero-order chi connectivity index (χ0) is 17.3. The molecule has 1 fully saturated rings. The van der Waals surface area contributed by atoms with Crippen LogP contribution in [0, 0.1) is 0 Å². The van der Waals surface area contributed by atoms with Crippen LogP contribution in [0.5, 0.6) is 0 Å². The van der Waals surface area contributed by atoms with E-state index in [1.54, 1.807) is 12.1 Å². The van der Waals surface area contributed by atoms with Gasteiger partial charge in [0.05, 0.1) is 6.17 Å².